The van der Waals surface area contributed by atoms with E-state index in [2.05, 4.69) is 4.98 Å². The first-order valence-electron chi connectivity index (χ1n) is 4.49. The molecule has 0 radical (unpaired) electrons. The van der Waals surface area contributed by atoms with Gasteiger partial charge in [-0.3, -0.25) is 0 Å². The predicted octanol–water partition coefficient (Wildman–Crippen LogP) is 3.96. The standard InChI is InChI=1S/C10H11ClF3N/c1-6(2)8-4-3-7(5-11)15-9(8)10(12,13)14/h3-4,6H,5H2,1-2H3. The van der Waals surface area contributed by atoms with Crippen LogP contribution in [0.1, 0.15) is 36.7 Å². The highest BCUT2D eigenvalue weighted by atomic mass is 35.5. The molecule has 0 aliphatic carbocycles. The molecule has 0 aliphatic heterocycles. The first-order valence-corrected chi connectivity index (χ1v) is 5.02. The van der Waals surface area contributed by atoms with Crippen LogP contribution in [0.4, 0.5) is 13.2 Å². The molecule has 1 heterocycles. The van der Waals surface area contributed by atoms with Gasteiger partial charge in [-0.05, 0) is 17.5 Å². The first-order chi connectivity index (χ1) is 6.86. The molecule has 0 bridgehead atoms. The Balaban J connectivity index is 3.29. The van der Waals surface area contributed by atoms with Gasteiger partial charge >= 0.3 is 6.18 Å². The van der Waals surface area contributed by atoms with E-state index in [1.807, 2.05) is 0 Å². The fourth-order valence-electron chi connectivity index (χ4n) is 1.28. The number of alkyl halides is 4. The maximum atomic E-state index is 12.6. The van der Waals surface area contributed by atoms with Crippen molar-refractivity contribution >= 4 is 11.6 Å². The summed E-state index contributed by atoms with van der Waals surface area (Å²) >= 11 is 5.45. The van der Waals surface area contributed by atoms with Gasteiger partial charge in [-0.25, -0.2) is 4.98 Å². The van der Waals surface area contributed by atoms with Crippen molar-refractivity contribution in [3.63, 3.8) is 0 Å². The SMILES string of the molecule is CC(C)c1ccc(CCl)nc1C(F)(F)F. The molecule has 0 N–H and O–H groups in total. The molecule has 0 unspecified atom stereocenters. The van der Waals surface area contributed by atoms with Crippen LogP contribution in [0.5, 0.6) is 0 Å². The van der Waals surface area contributed by atoms with Gasteiger partial charge in [-0.15, -0.1) is 11.6 Å². The minimum Gasteiger partial charge on any atom is -0.247 e. The van der Waals surface area contributed by atoms with E-state index in [-0.39, 0.29) is 23.1 Å². The number of rotatable bonds is 2. The highest BCUT2D eigenvalue weighted by molar-refractivity contribution is 6.16. The number of nitrogens with zero attached hydrogens (tertiary/aromatic N) is 1. The fraction of sp³-hybridized carbons (Fsp3) is 0.500. The van der Waals surface area contributed by atoms with Crippen LogP contribution in [-0.2, 0) is 12.1 Å². The lowest BCUT2D eigenvalue weighted by atomic mass is 10.0. The summed E-state index contributed by atoms with van der Waals surface area (Å²) in [6.07, 6.45) is -4.42. The minimum atomic E-state index is -4.42. The molecule has 0 atom stereocenters. The monoisotopic (exact) mass is 237 g/mol. The molecule has 0 amide bonds. The van der Waals surface area contributed by atoms with Crippen LogP contribution in [0, 0.1) is 0 Å². The number of pyridine rings is 1. The van der Waals surface area contributed by atoms with Gasteiger partial charge in [0.1, 0.15) is 5.69 Å². The first kappa shape index (κ1) is 12.3. The number of hydrogen-bond donors (Lipinski definition) is 0. The molecule has 0 aromatic carbocycles. The van der Waals surface area contributed by atoms with Crippen LogP contribution in [0.2, 0.25) is 0 Å². The smallest absolute Gasteiger partial charge is 0.247 e. The van der Waals surface area contributed by atoms with Crippen molar-refractivity contribution in [2.24, 2.45) is 0 Å². The lowest BCUT2D eigenvalue weighted by molar-refractivity contribution is -0.142. The van der Waals surface area contributed by atoms with Gasteiger partial charge in [0, 0.05) is 0 Å². The Bertz CT molecular complexity index is 347. The van der Waals surface area contributed by atoms with E-state index < -0.39 is 11.9 Å². The van der Waals surface area contributed by atoms with Crippen LogP contribution in [0.25, 0.3) is 0 Å². The Morgan fingerprint density at radius 2 is 1.93 bits per heavy atom. The van der Waals surface area contributed by atoms with Crippen molar-refractivity contribution in [2.45, 2.75) is 31.8 Å². The Morgan fingerprint density at radius 3 is 2.33 bits per heavy atom. The summed E-state index contributed by atoms with van der Waals surface area (Å²) < 4.78 is 37.9. The zero-order chi connectivity index (χ0) is 11.6. The summed E-state index contributed by atoms with van der Waals surface area (Å²) in [6.45, 7) is 3.40. The van der Waals surface area contributed by atoms with Crippen molar-refractivity contribution in [3.8, 4) is 0 Å². The molecular formula is C10H11ClF3N. The topological polar surface area (TPSA) is 12.9 Å². The number of hydrogen-bond acceptors (Lipinski definition) is 1. The highest BCUT2D eigenvalue weighted by Gasteiger charge is 2.36. The Labute approximate surface area is 91.3 Å². The third kappa shape index (κ3) is 2.84. The van der Waals surface area contributed by atoms with E-state index in [0.717, 1.165) is 0 Å². The molecule has 0 saturated carbocycles. The second-order valence-electron chi connectivity index (χ2n) is 3.53. The van der Waals surface area contributed by atoms with Gasteiger partial charge < -0.3 is 0 Å². The molecule has 0 spiro atoms. The minimum absolute atomic E-state index is 0.0124. The summed E-state index contributed by atoms with van der Waals surface area (Å²) in [6, 6.07) is 2.97. The summed E-state index contributed by atoms with van der Waals surface area (Å²) in [4.78, 5) is 3.53. The molecule has 1 nitrogen and oxygen atoms in total. The Kier molecular flexibility index (Phi) is 3.60. The molecule has 5 heteroatoms. The van der Waals surface area contributed by atoms with Crippen LogP contribution >= 0.6 is 11.6 Å². The molecule has 1 aromatic heterocycles. The summed E-state index contributed by atoms with van der Waals surface area (Å²) in [5.74, 6) is -0.222. The van der Waals surface area contributed by atoms with Crippen LogP contribution in [0.15, 0.2) is 12.1 Å². The van der Waals surface area contributed by atoms with Gasteiger partial charge in [0.15, 0.2) is 0 Å². The van der Waals surface area contributed by atoms with Crippen LogP contribution in [-0.4, -0.2) is 4.98 Å². The molecular weight excluding hydrogens is 227 g/mol. The van der Waals surface area contributed by atoms with Gasteiger partial charge in [0.2, 0.25) is 0 Å². The third-order valence-corrected chi connectivity index (χ3v) is 2.29. The quantitative estimate of drug-likeness (QED) is 0.710. The summed E-state index contributed by atoms with van der Waals surface area (Å²) in [5.41, 5.74) is -0.375. The van der Waals surface area contributed by atoms with Crippen molar-refractivity contribution in [1.82, 2.24) is 4.98 Å². The molecule has 84 valence electrons. The van der Waals surface area contributed by atoms with Crippen LogP contribution in [0.3, 0.4) is 0 Å². The summed E-state index contributed by atoms with van der Waals surface area (Å²) in [5, 5.41) is 0. The predicted molar refractivity (Wildman–Crippen MR) is 52.9 cm³/mol. The molecule has 0 aliphatic rings. The molecule has 0 fully saturated rings. The Morgan fingerprint density at radius 1 is 1.33 bits per heavy atom. The van der Waals surface area contributed by atoms with Crippen molar-refractivity contribution in [1.29, 1.82) is 0 Å². The second kappa shape index (κ2) is 4.39. The molecule has 0 saturated heterocycles. The highest BCUT2D eigenvalue weighted by Crippen LogP contribution is 2.33. The van der Waals surface area contributed by atoms with Crippen LogP contribution < -0.4 is 0 Å². The average Bonchev–Trinajstić information content (AvgIpc) is 2.15. The molecule has 15 heavy (non-hydrogen) atoms. The lowest BCUT2D eigenvalue weighted by Crippen LogP contribution is -2.14. The van der Waals surface area contributed by atoms with Crippen molar-refractivity contribution < 1.29 is 13.2 Å². The third-order valence-electron chi connectivity index (χ3n) is 2.01. The van der Waals surface area contributed by atoms with Crippen molar-refractivity contribution in [2.75, 3.05) is 0 Å². The average molecular weight is 238 g/mol. The number of halogens is 4. The van der Waals surface area contributed by atoms with E-state index in [1.54, 1.807) is 13.8 Å². The lowest BCUT2D eigenvalue weighted by Gasteiger charge is -2.15. The number of aromatic nitrogens is 1. The normalized spacial score (nSPS) is 12.2. The summed E-state index contributed by atoms with van der Waals surface area (Å²) in [7, 11) is 0. The van der Waals surface area contributed by atoms with E-state index in [4.69, 9.17) is 11.6 Å². The van der Waals surface area contributed by atoms with Crippen molar-refractivity contribution in [3.05, 3.63) is 29.1 Å². The Hall–Kier alpha value is -0.770. The largest absolute Gasteiger partial charge is 0.433 e. The zero-order valence-electron chi connectivity index (χ0n) is 8.40. The van der Waals surface area contributed by atoms with Gasteiger partial charge in [0.25, 0.3) is 0 Å². The maximum Gasteiger partial charge on any atom is 0.433 e. The van der Waals surface area contributed by atoms with E-state index >= 15 is 0 Å². The fourth-order valence-corrected chi connectivity index (χ4v) is 1.43. The molecule has 1 rings (SSSR count). The van der Waals surface area contributed by atoms with E-state index in [0.29, 0.717) is 0 Å². The van der Waals surface area contributed by atoms with Gasteiger partial charge in [0.05, 0.1) is 11.6 Å². The van der Waals surface area contributed by atoms with Gasteiger partial charge in [-0.2, -0.15) is 13.2 Å². The maximum absolute atomic E-state index is 12.6. The molecule has 1 aromatic rings. The second-order valence-corrected chi connectivity index (χ2v) is 3.79. The zero-order valence-corrected chi connectivity index (χ0v) is 9.15. The van der Waals surface area contributed by atoms with E-state index in [1.165, 1.54) is 12.1 Å². The van der Waals surface area contributed by atoms with E-state index in [9.17, 15) is 13.2 Å². The van der Waals surface area contributed by atoms with Gasteiger partial charge in [-0.1, -0.05) is 19.9 Å².